The molecule has 18 heavy (non-hydrogen) atoms. The summed E-state index contributed by atoms with van der Waals surface area (Å²) in [6.45, 7) is 1.90. The van der Waals surface area contributed by atoms with E-state index in [-0.39, 0.29) is 0 Å². The van der Waals surface area contributed by atoms with Crippen LogP contribution in [0.3, 0.4) is 0 Å². The monoisotopic (exact) mass is 243 g/mol. The third-order valence-corrected chi connectivity index (χ3v) is 2.91. The molecule has 1 atom stereocenters. The highest BCUT2D eigenvalue weighted by atomic mass is 16.4. The molecule has 3 rings (SSSR count). The van der Waals surface area contributed by atoms with Crippen molar-refractivity contribution in [2.45, 2.75) is 19.4 Å². The highest BCUT2D eigenvalue weighted by Gasteiger charge is 2.17. The summed E-state index contributed by atoms with van der Waals surface area (Å²) < 4.78 is 10.8. The van der Waals surface area contributed by atoms with Crippen LogP contribution in [0.1, 0.15) is 23.3 Å². The summed E-state index contributed by atoms with van der Waals surface area (Å²) in [5.41, 5.74) is 2.46. The number of aliphatic hydroxyl groups excluding tert-OH is 1. The van der Waals surface area contributed by atoms with Gasteiger partial charge >= 0.3 is 0 Å². The second-order valence-corrected chi connectivity index (χ2v) is 4.26. The number of fused-ring (bicyclic) bond motifs is 1. The van der Waals surface area contributed by atoms with Gasteiger partial charge in [0.15, 0.2) is 11.5 Å². The minimum absolute atomic E-state index is 0.309. The van der Waals surface area contributed by atoms with Crippen molar-refractivity contribution in [2.75, 3.05) is 0 Å². The molecule has 0 saturated carbocycles. The molecule has 4 nitrogen and oxygen atoms in total. The third kappa shape index (κ3) is 1.91. The molecule has 1 unspecified atom stereocenters. The Hall–Kier alpha value is -2.07. The lowest BCUT2D eigenvalue weighted by molar-refractivity contribution is 0.141. The van der Waals surface area contributed by atoms with E-state index in [2.05, 4.69) is 4.98 Å². The number of benzene rings is 1. The number of aromatic nitrogens is 1. The first-order chi connectivity index (χ1) is 8.74. The summed E-state index contributed by atoms with van der Waals surface area (Å²) in [5.74, 6) is 1.08. The van der Waals surface area contributed by atoms with Crippen LogP contribution < -0.4 is 0 Å². The summed E-state index contributed by atoms with van der Waals surface area (Å²) in [5, 5.41) is 10.1. The molecular formula is C14H13NO3. The van der Waals surface area contributed by atoms with Crippen molar-refractivity contribution < 1.29 is 13.9 Å². The number of hydrogen-bond acceptors (Lipinski definition) is 4. The van der Waals surface area contributed by atoms with Gasteiger partial charge in [0.1, 0.15) is 17.4 Å². The van der Waals surface area contributed by atoms with Crippen molar-refractivity contribution >= 4 is 11.1 Å². The molecule has 2 heterocycles. The van der Waals surface area contributed by atoms with Crippen molar-refractivity contribution in [1.29, 1.82) is 0 Å². The van der Waals surface area contributed by atoms with Gasteiger partial charge in [-0.05, 0) is 30.7 Å². The number of rotatable bonds is 3. The topological polar surface area (TPSA) is 59.4 Å². The van der Waals surface area contributed by atoms with Crippen LogP contribution in [-0.4, -0.2) is 10.1 Å². The van der Waals surface area contributed by atoms with Gasteiger partial charge in [0.2, 0.25) is 0 Å². The standard InChI is InChI=1S/C14H13NO3/c1-9-6-7-17-14(9)11(16)8-13-15-10-4-2-3-5-12(10)18-13/h2-7,11,16H,8H2,1H3. The molecule has 0 spiro atoms. The Balaban J connectivity index is 1.86. The van der Waals surface area contributed by atoms with Crippen molar-refractivity contribution in [3.8, 4) is 0 Å². The Morgan fingerprint density at radius 3 is 2.83 bits per heavy atom. The fraction of sp³-hybridized carbons (Fsp3) is 0.214. The number of oxazole rings is 1. The SMILES string of the molecule is Cc1ccoc1C(O)Cc1nc2ccccc2o1. The highest BCUT2D eigenvalue weighted by Crippen LogP contribution is 2.24. The molecule has 92 valence electrons. The maximum atomic E-state index is 10.1. The van der Waals surface area contributed by atoms with Gasteiger partial charge in [-0.2, -0.15) is 0 Å². The summed E-state index contributed by atoms with van der Waals surface area (Å²) in [6, 6.07) is 9.36. The number of hydrogen-bond donors (Lipinski definition) is 1. The molecule has 1 aromatic carbocycles. The average Bonchev–Trinajstić information content (AvgIpc) is 2.94. The fourth-order valence-corrected chi connectivity index (χ4v) is 1.99. The Kier molecular flexibility index (Phi) is 2.64. The zero-order chi connectivity index (χ0) is 12.5. The molecule has 0 aliphatic heterocycles. The molecule has 1 N–H and O–H groups in total. The molecule has 0 radical (unpaired) electrons. The summed E-state index contributed by atoms with van der Waals surface area (Å²) in [6.07, 6.45) is 1.15. The minimum atomic E-state index is -0.729. The van der Waals surface area contributed by atoms with Crippen molar-refractivity contribution in [2.24, 2.45) is 0 Å². The number of aliphatic hydroxyl groups is 1. The summed E-state index contributed by atoms with van der Waals surface area (Å²) in [4.78, 5) is 4.32. The average molecular weight is 243 g/mol. The van der Waals surface area contributed by atoms with Crippen LogP contribution in [-0.2, 0) is 6.42 Å². The van der Waals surface area contributed by atoms with Crippen LogP contribution in [0.2, 0.25) is 0 Å². The normalized spacial score (nSPS) is 13.0. The van der Waals surface area contributed by atoms with E-state index in [0.29, 0.717) is 18.1 Å². The van der Waals surface area contributed by atoms with Gasteiger partial charge in [-0.15, -0.1) is 0 Å². The molecule has 0 fully saturated rings. The summed E-state index contributed by atoms with van der Waals surface area (Å²) >= 11 is 0. The van der Waals surface area contributed by atoms with Crippen LogP contribution in [0.25, 0.3) is 11.1 Å². The van der Waals surface area contributed by atoms with E-state index in [1.54, 1.807) is 6.26 Å². The fourth-order valence-electron chi connectivity index (χ4n) is 1.99. The van der Waals surface area contributed by atoms with E-state index in [1.165, 1.54) is 0 Å². The molecule has 4 heteroatoms. The molecule has 3 aromatic rings. The largest absolute Gasteiger partial charge is 0.466 e. The maximum Gasteiger partial charge on any atom is 0.198 e. The van der Waals surface area contributed by atoms with E-state index in [4.69, 9.17) is 8.83 Å². The van der Waals surface area contributed by atoms with E-state index in [1.807, 2.05) is 37.3 Å². The van der Waals surface area contributed by atoms with Gasteiger partial charge in [0.25, 0.3) is 0 Å². The van der Waals surface area contributed by atoms with Gasteiger partial charge < -0.3 is 13.9 Å². The van der Waals surface area contributed by atoms with Gasteiger partial charge in [0, 0.05) is 0 Å². The lowest BCUT2D eigenvalue weighted by Gasteiger charge is -2.05. The minimum Gasteiger partial charge on any atom is -0.466 e. The molecule has 0 bridgehead atoms. The summed E-state index contributed by atoms with van der Waals surface area (Å²) in [7, 11) is 0. The van der Waals surface area contributed by atoms with Crippen LogP contribution in [0.5, 0.6) is 0 Å². The van der Waals surface area contributed by atoms with Crippen molar-refractivity contribution in [3.05, 3.63) is 53.8 Å². The van der Waals surface area contributed by atoms with Crippen LogP contribution in [0.4, 0.5) is 0 Å². The third-order valence-electron chi connectivity index (χ3n) is 2.91. The lowest BCUT2D eigenvalue weighted by atomic mass is 10.1. The van der Waals surface area contributed by atoms with Gasteiger partial charge in [-0.1, -0.05) is 12.1 Å². The highest BCUT2D eigenvalue weighted by molar-refractivity contribution is 5.72. The quantitative estimate of drug-likeness (QED) is 0.768. The molecule has 0 aliphatic rings. The lowest BCUT2D eigenvalue weighted by Crippen LogP contribution is -2.02. The van der Waals surface area contributed by atoms with E-state index in [9.17, 15) is 5.11 Å². The molecule has 0 aliphatic carbocycles. The van der Waals surface area contributed by atoms with E-state index >= 15 is 0 Å². The number of nitrogens with zero attached hydrogens (tertiary/aromatic N) is 1. The van der Waals surface area contributed by atoms with Crippen LogP contribution in [0, 0.1) is 6.92 Å². The molecule has 0 saturated heterocycles. The number of para-hydroxylation sites is 2. The Bertz CT molecular complexity index is 635. The van der Waals surface area contributed by atoms with Crippen molar-refractivity contribution in [1.82, 2.24) is 4.98 Å². The van der Waals surface area contributed by atoms with E-state index in [0.717, 1.165) is 16.7 Å². The zero-order valence-electron chi connectivity index (χ0n) is 9.96. The smallest absolute Gasteiger partial charge is 0.198 e. The van der Waals surface area contributed by atoms with Crippen LogP contribution >= 0.6 is 0 Å². The molecule has 0 amide bonds. The van der Waals surface area contributed by atoms with Gasteiger partial charge in [-0.25, -0.2) is 4.98 Å². The van der Waals surface area contributed by atoms with E-state index < -0.39 is 6.10 Å². The van der Waals surface area contributed by atoms with Crippen LogP contribution in [0.15, 0.2) is 45.4 Å². The maximum absolute atomic E-state index is 10.1. The van der Waals surface area contributed by atoms with Crippen molar-refractivity contribution in [3.63, 3.8) is 0 Å². The predicted octanol–water partition coefficient (Wildman–Crippen LogP) is 3.01. The molecule has 2 aromatic heterocycles. The second kappa shape index (κ2) is 4.31. The number of furan rings is 1. The second-order valence-electron chi connectivity index (χ2n) is 4.26. The Morgan fingerprint density at radius 2 is 2.11 bits per heavy atom. The Labute approximate surface area is 104 Å². The first-order valence-corrected chi connectivity index (χ1v) is 5.80. The van der Waals surface area contributed by atoms with Gasteiger partial charge in [0.05, 0.1) is 12.7 Å². The Morgan fingerprint density at radius 1 is 1.28 bits per heavy atom. The predicted molar refractivity (Wildman–Crippen MR) is 66.1 cm³/mol. The number of aryl methyl sites for hydroxylation is 1. The molecular weight excluding hydrogens is 230 g/mol. The first kappa shape index (κ1) is 11.0. The first-order valence-electron chi connectivity index (χ1n) is 5.80. The van der Waals surface area contributed by atoms with Gasteiger partial charge in [-0.3, -0.25) is 0 Å². The zero-order valence-corrected chi connectivity index (χ0v) is 9.96.